The van der Waals surface area contributed by atoms with Crippen LogP contribution in [0.25, 0.3) is 10.9 Å². The minimum Gasteiger partial charge on any atom is -0.457 e. The zero-order valence-electron chi connectivity index (χ0n) is 13.0. The van der Waals surface area contributed by atoms with Crippen LogP contribution in [0, 0.1) is 11.6 Å². The molecule has 0 amide bonds. The second-order valence-electron chi connectivity index (χ2n) is 5.51. The lowest BCUT2D eigenvalue weighted by atomic mass is 10.1. The van der Waals surface area contributed by atoms with E-state index in [1.54, 1.807) is 13.1 Å². The van der Waals surface area contributed by atoms with Crippen LogP contribution in [0.2, 0.25) is 0 Å². The van der Waals surface area contributed by atoms with Crippen LogP contribution in [0.15, 0.2) is 54.7 Å². The molecule has 24 heavy (non-hydrogen) atoms. The van der Waals surface area contributed by atoms with Gasteiger partial charge in [-0.15, -0.1) is 0 Å². The predicted octanol–water partition coefficient (Wildman–Crippen LogP) is 4.36. The summed E-state index contributed by atoms with van der Waals surface area (Å²) in [6, 6.07) is 12.6. The standard InChI is InChI=1S/C19H15F2NO2/c1-12(15-8-14-4-2-3-5-18(14)22-11-15)24-19(23)9-13-6-7-16(20)10-17(13)21/h2-8,10-12H,9H2,1H3/t12-/m0/s1. The van der Waals surface area contributed by atoms with Gasteiger partial charge in [0.15, 0.2) is 0 Å². The third-order valence-corrected chi connectivity index (χ3v) is 3.74. The highest BCUT2D eigenvalue weighted by atomic mass is 19.1. The largest absolute Gasteiger partial charge is 0.457 e. The Morgan fingerprint density at radius 3 is 2.75 bits per heavy atom. The van der Waals surface area contributed by atoms with Crippen molar-refractivity contribution in [3.05, 3.63) is 77.5 Å². The van der Waals surface area contributed by atoms with E-state index in [4.69, 9.17) is 4.74 Å². The molecule has 1 atom stereocenters. The molecule has 0 bridgehead atoms. The number of para-hydroxylation sites is 1. The molecule has 0 aliphatic carbocycles. The minimum absolute atomic E-state index is 0.102. The van der Waals surface area contributed by atoms with E-state index in [2.05, 4.69) is 4.98 Å². The molecule has 3 rings (SSSR count). The van der Waals surface area contributed by atoms with Crippen molar-refractivity contribution in [2.24, 2.45) is 0 Å². The van der Waals surface area contributed by atoms with Gasteiger partial charge < -0.3 is 4.74 Å². The van der Waals surface area contributed by atoms with Gasteiger partial charge in [-0.2, -0.15) is 0 Å². The lowest BCUT2D eigenvalue weighted by molar-refractivity contribution is -0.147. The predicted molar refractivity (Wildman–Crippen MR) is 86.3 cm³/mol. The second-order valence-corrected chi connectivity index (χ2v) is 5.51. The van der Waals surface area contributed by atoms with E-state index in [1.807, 2.05) is 30.3 Å². The number of nitrogens with zero attached hydrogens (tertiary/aromatic N) is 1. The Hall–Kier alpha value is -2.82. The molecule has 0 unspecified atom stereocenters. The molecule has 0 radical (unpaired) electrons. The number of benzene rings is 2. The smallest absolute Gasteiger partial charge is 0.310 e. The maximum Gasteiger partial charge on any atom is 0.310 e. The van der Waals surface area contributed by atoms with Crippen LogP contribution >= 0.6 is 0 Å². The van der Waals surface area contributed by atoms with Crippen LogP contribution in [0.5, 0.6) is 0 Å². The Bertz CT molecular complexity index is 895. The summed E-state index contributed by atoms with van der Waals surface area (Å²) >= 11 is 0. The number of aromatic nitrogens is 1. The first-order valence-electron chi connectivity index (χ1n) is 7.51. The highest BCUT2D eigenvalue weighted by Crippen LogP contribution is 2.21. The van der Waals surface area contributed by atoms with Gasteiger partial charge >= 0.3 is 5.97 Å². The molecule has 3 nitrogen and oxygen atoms in total. The first-order valence-corrected chi connectivity index (χ1v) is 7.51. The summed E-state index contributed by atoms with van der Waals surface area (Å²) in [6.07, 6.45) is 0.883. The number of carbonyl (C=O) groups excluding carboxylic acids is 1. The third-order valence-electron chi connectivity index (χ3n) is 3.74. The normalized spacial score (nSPS) is 12.1. The van der Waals surface area contributed by atoms with E-state index in [1.165, 1.54) is 6.07 Å². The summed E-state index contributed by atoms with van der Waals surface area (Å²) in [5, 5.41) is 0.947. The van der Waals surface area contributed by atoms with Crippen LogP contribution in [0.3, 0.4) is 0 Å². The molecule has 5 heteroatoms. The molecule has 0 spiro atoms. The van der Waals surface area contributed by atoms with E-state index in [9.17, 15) is 13.6 Å². The maximum absolute atomic E-state index is 13.6. The van der Waals surface area contributed by atoms with Crippen LogP contribution in [-0.2, 0) is 16.0 Å². The molecule has 0 aliphatic rings. The Balaban J connectivity index is 1.70. The Morgan fingerprint density at radius 1 is 1.17 bits per heavy atom. The molecule has 122 valence electrons. The van der Waals surface area contributed by atoms with Crippen molar-refractivity contribution < 1.29 is 18.3 Å². The van der Waals surface area contributed by atoms with Crippen LogP contribution < -0.4 is 0 Å². The van der Waals surface area contributed by atoms with E-state index in [0.29, 0.717) is 0 Å². The Labute approximate surface area is 137 Å². The van der Waals surface area contributed by atoms with Crippen molar-refractivity contribution in [3.63, 3.8) is 0 Å². The van der Waals surface area contributed by atoms with Gasteiger partial charge in [0.05, 0.1) is 11.9 Å². The first-order chi connectivity index (χ1) is 11.5. The average Bonchev–Trinajstić information content (AvgIpc) is 2.57. The van der Waals surface area contributed by atoms with Crippen LogP contribution in [-0.4, -0.2) is 11.0 Å². The van der Waals surface area contributed by atoms with Gasteiger partial charge in [-0.25, -0.2) is 8.78 Å². The number of rotatable bonds is 4. The average molecular weight is 327 g/mol. The maximum atomic E-state index is 13.6. The third kappa shape index (κ3) is 3.56. The lowest BCUT2D eigenvalue weighted by Crippen LogP contribution is -2.12. The van der Waals surface area contributed by atoms with Gasteiger partial charge in [0.2, 0.25) is 0 Å². The summed E-state index contributed by atoms with van der Waals surface area (Å²) in [5.41, 5.74) is 1.71. The van der Waals surface area contributed by atoms with Gasteiger partial charge in [0.25, 0.3) is 0 Å². The fourth-order valence-corrected chi connectivity index (χ4v) is 2.44. The summed E-state index contributed by atoms with van der Waals surface area (Å²) < 4.78 is 31.8. The van der Waals surface area contributed by atoms with Gasteiger partial charge in [-0.05, 0) is 30.7 Å². The van der Waals surface area contributed by atoms with Crippen molar-refractivity contribution in [3.8, 4) is 0 Å². The van der Waals surface area contributed by atoms with E-state index >= 15 is 0 Å². The molecule has 3 aromatic rings. The van der Waals surface area contributed by atoms with Crippen molar-refractivity contribution in [2.45, 2.75) is 19.4 Å². The molecule has 0 saturated carbocycles. The van der Waals surface area contributed by atoms with Gasteiger partial charge in [-0.1, -0.05) is 24.3 Å². The summed E-state index contributed by atoms with van der Waals surface area (Å²) in [6.45, 7) is 1.73. The Morgan fingerprint density at radius 2 is 1.96 bits per heavy atom. The fraction of sp³-hybridized carbons (Fsp3) is 0.158. The molecular weight excluding hydrogens is 312 g/mol. The molecule has 0 aliphatic heterocycles. The lowest BCUT2D eigenvalue weighted by Gasteiger charge is -2.14. The summed E-state index contributed by atoms with van der Waals surface area (Å²) in [4.78, 5) is 16.3. The number of carbonyl (C=O) groups is 1. The Kier molecular flexibility index (Phi) is 4.51. The molecule has 0 saturated heterocycles. The summed E-state index contributed by atoms with van der Waals surface area (Å²) in [5.74, 6) is -2.02. The highest BCUT2D eigenvalue weighted by Gasteiger charge is 2.15. The van der Waals surface area contributed by atoms with E-state index in [-0.39, 0.29) is 12.0 Å². The monoisotopic (exact) mass is 327 g/mol. The SMILES string of the molecule is C[C@H](OC(=O)Cc1ccc(F)cc1F)c1cnc2ccccc2c1. The molecule has 0 fully saturated rings. The fourth-order valence-electron chi connectivity index (χ4n) is 2.44. The van der Waals surface area contributed by atoms with E-state index in [0.717, 1.165) is 28.6 Å². The van der Waals surface area contributed by atoms with Crippen molar-refractivity contribution in [2.75, 3.05) is 0 Å². The van der Waals surface area contributed by atoms with Gasteiger partial charge in [0, 0.05) is 23.2 Å². The van der Waals surface area contributed by atoms with Crippen molar-refractivity contribution in [1.82, 2.24) is 4.98 Å². The number of hydrogen-bond donors (Lipinski definition) is 0. The molecular formula is C19H15F2NO2. The highest BCUT2D eigenvalue weighted by molar-refractivity contribution is 5.79. The van der Waals surface area contributed by atoms with E-state index < -0.39 is 23.7 Å². The number of esters is 1. The number of hydrogen-bond acceptors (Lipinski definition) is 3. The number of fused-ring (bicyclic) bond motifs is 1. The van der Waals surface area contributed by atoms with Crippen LogP contribution in [0.4, 0.5) is 8.78 Å². The number of ether oxygens (including phenoxy) is 1. The van der Waals surface area contributed by atoms with Crippen LogP contribution in [0.1, 0.15) is 24.2 Å². The number of pyridine rings is 1. The summed E-state index contributed by atoms with van der Waals surface area (Å²) in [7, 11) is 0. The topological polar surface area (TPSA) is 39.2 Å². The zero-order chi connectivity index (χ0) is 17.1. The minimum atomic E-state index is -0.757. The number of halogens is 2. The van der Waals surface area contributed by atoms with Gasteiger partial charge in [0.1, 0.15) is 17.7 Å². The molecule has 0 N–H and O–H groups in total. The van der Waals surface area contributed by atoms with Crippen molar-refractivity contribution >= 4 is 16.9 Å². The second kappa shape index (κ2) is 6.74. The zero-order valence-corrected chi connectivity index (χ0v) is 13.0. The van der Waals surface area contributed by atoms with Crippen molar-refractivity contribution in [1.29, 1.82) is 0 Å². The molecule has 1 aromatic heterocycles. The first kappa shape index (κ1) is 16.1. The molecule has 2 aromatic carbocycles. The quantitative estimate of drug-likeness (QED) is 0.668. The molecule has 1 heterocycles. The van der Waals surface area contributed by atoms with Gasteiger partial charge in [-0.3, -0.25) is 9.78 Å².